The zero-order valence-electron chi connectivity index (χ0n) is 15.9. The number of carboxylic acid groups (broad SMARTS) is 1. The number of thioether (sulfide) groups is 1. The Morgan fingerprint density at radius 1 is 1.34 bits per heavy atom. The van der Waals surface area contributed by atoms with E-state index in [1.54, 1.807) is 24.3 Å². The fourth-order valence-corrected chi connectivity index (χ4v) is 4.89. The van der Waals surface area contributed by atoms with Crippen molar-refractivity contribution in [2.75, 3.05) is 12.4 Å². The Labute approximate surface area is 170 Å². The Kier molecular flexibility index (Phi) is 5.28. The predicted octanol–water partition coefficient (Wildman–Crippen LogP) is 2.01. The normalized spacial score (nSPS) is 23.9. The van der Waals surface area contributed by atoms with E-state index in [1.165, 1.54) is 22.7 Å². The molecule has 1 aromatic heterocycles. The molecule has 0 radical (unpaired) electrons. The lowest BCUT2D eigenvalue weighted by molar-refractivity contribution is -0.207. The average molecular weight is 419 g/mol. The van der Waals surface area contributed by atoms with Crippen LogP contribution < -0.4 is 10.4 Å². The van der Waals surface area contributed by atoms with Gasteiger partial charge in [0.2, 0.25) is 0 Å². The van der Waals surface area contributed by atoms with Crippen LogP contribution in [0, 0.1) is 0 Å². The summed E-state index contributed by atoms with van der Waals surface area (Å²) in [6.45, 7) is 3.80. The van der Waals surface area contributed by atoms with E-state index >= 15 is 0 Å². The molecule has 2 aliphatic heterocycles. The van der Waals surface area contributed by atoms with E-state index in [1.807, 2.05) is 13.8 Å². The predicted molar refractivity (Wildman–Crippen MR) is 107 cm³/mol. The third kappa shape index (κ3) is 3.73. The smallest absolute Gasteiger partial charge is 0.352 e. The third-order valence-electron chi connectivity index (χ3n) is 4.79. The maximum Gasteiger partial charge on any atom is 0.352 e. The van der Waals surface area contributed by atoms with E-state index in [0.717, 1.165) is 5.39 Å². The van der Waals surface area contributed by atoms with Crippen LogP contribution in [0.25, 0.3) is 11.0 Å². The standard InChI is InChI=1S/C20H21NO7S/c1-10(2)27-17-18(23)21-16(20(24)25)12(9-29-19(17)21)8-26-13-5-3-11-4-6-15(22)28-14(11)7-13/h3-7,10,17-19,23H,8-9H2,1-2H3,(H,24,25)/t17-,18?,19+/m0/s1. The Morgan fingerprint density at radius 3 is 2.83 bits per heavy atom. The molecule has 0 bridgehead atoms. The number of hydrogen-bond donors (Lipinski definition) is 2. The van der Waals surface area contributed by atoms with E-state index in [-0.39, 0.29) is 23.8 Å². The minimum atomic E-state index is -1.11. The van der Waals surface area contributed by atoms with Crippen molar-refractivity contribution in [3.05, 3.63) is 52.0 Å². The van der Waals surface area contributed by atoms with Gasteiger partial charge in [-0.1, -0.05) is 0 Å². The van der Waals surface area contributed by atoms with E-state index in [0.29, 0.717) is 22.7 Å². The highest BCUT2D eigenvalue weighted by Gasteiger charge is 2.54. The highest BCUT2D eigenvalue weighted by atomic mass is 32.2. The van der Waals surface area contributed by atoms with Crippen LogP contribution in [0.1, 0.15) is 13.8 Å². The van der Waals surface area contributed by atoms with Crippen molar-refractivity contribution in [3.63, 3.8) is 0 Å². The number of benzene rings is 1. The average Bonchev–Trinajstić information content (AvgIpc) is 2.69. The van der Waals surface area contributed by atoms with Gasteiger partial charge in [-0.3, -0.25) is 0 Å². The number of aliphatic hydroxyl groups is 1. The number of aliphatic hydroxyl groups excluding tert-OH is 1. The molecule has 154 valence electrons. The fraction of sp³-hybridized carbons (Fsp3) is 0.400. The first-order valence-corrected chi connectivity index (χ1v) is 10.3. The second-order valence-electron chi connectivity index (χ2n) is 7.17. The highest BCUT2D eigenvalue weighted by molar-refractivity contribution is 8.00. The summed E-state index contributed by atoms with van der Waals surface area (Å²) in [5.41, 5.74) is 0.560. The second kappa shape index (κ2) is 7.74. The Morgan fingerprint density at radius 2 is 2.10 bits per heavy atom. The van der Waals surface area contributed by atoms with Gasteiger partial charge in [-0.05, 0) is 32.0 Å². The van der Waals surface area contributed by atoms with E-state index in [9.17, 15) is 19.8 Å². The summed E-state index contributed by atoms with van der Waals surface area (Å²) in [7, 11) is 0. The molecule has 2 N–H and O–H groups in total. The van der Waals surface area contributed by atoms with E-state index in [2.05, 4.69) is 0 Å². The van der Waals surface area contributed by atoms with Crippen molar-refractivity contribution in [2.45, 2.75) is 37.7 Å². The van der Waals surface area contributed by atoms with Crippen LogP contribution in [0.4, 0.5) is 0 Å². The molecule has 9 heteroatoms. The molecule has 3 atom stereocenters. The van der Waals surface area contributed by atoms with Crippen molar-refractivity contribution < 1.29 is 28.9 Å². The monoisotopic (exact) mass is 419 g/mol. The van der Waals surface area contributed by atoms with Gasteiger partial charge in [0, 0.05) is 28.8 Å². The summed E-state index contributed by atoms with van der Waals surface area (Å²) in [5.74, 6) is -0.197. The van der Waals surface area contributed by atoms with Crippen molar-refractivity contribution in [2.24, 2.45) is 0 Å². The highest BCUT2D eigenvalue weighted by Crippen LogP contribution is 2.44. The number of carbonyl (C=O) groups is 1. The topological polar surface area (TPSA) is 109 Å². The van der Waals surface area contributed by atoms with Gasteiger partial charge in [-0.2, -0.15) is 0 Å². The van der Waals surface area contributed by atoms with Crippen LogP contribution in [0.15, 0.2) is 50.8 Å². The van der Waals surface area contributed by atoms with Crippen LogP contribution >= 0.6 is 11.8 Å². The van der Waals surface area contributed by atoms with Crippen molar-refractivity contribution >= 4 is 28.7 Å². The Balaban J connectivity index is 1.54. The first-order chi connectivity index (χ1) is 13.8. The third-order valence-corrected chi connectivity index (χ3v) is 6.15. The number of hydrogen-bond acceptors (Lipinski definition) is 8. The van der Waals surface area contributed by atoms with Crippen LogP contribution in [-0.4, -0.2) is 57.3 Å². The molecule has 8 nitrogen and oxygen atoms in total. The molecule has 2 aliphatic rings. The molecule has 1 fully saturated rings. The minimum absolute atomic E-state index is 0.0445. The van der Waals surface area contributed by atoms with E-state index < -0.39 is 23.9 Å². The molecule has 0 saturated carbocycles. The first-order valence-electron chi connectivity index (χ1n) is 9.20. The lowest BCUT2D eigenvalue weighted by atomic mass is 10.0. The SMILES string of the molecule is CC(C)O[C@H]1C(O)N2C(C(=O)O)=C(COc3ccc4ccc(=O)oc4c3)CS[C@H]12. The molecule has 1 unspecified atom stereocenters. The largest absolute Gasteiger partial charge is 0.489 e. The molecule has 1 saturated heterocycles. The fourth-order valence-electron chi connectivity index (χ4n) is 3.51. The van der Waals surface area contributed by atoms with Gasteiger partial charge >= 0.3 is 11.6 Å². The van der Waals surface area contributed by atoms with Crippen LogP contribution in [0.2, 0.25) is 0 Å². The number of rotatable bonds is 6. The summed E-state index contributed by atoms with van der Waals surface area (Å²) in [6.07, 6.45) is -1.50. The first kappa shape index (κ1) is 19.8. The van der Waals surface area contributed by atoms with Crippen molar-refractivity contribution in [1.29, 1.82) is 0 Å². The molecule has 3 heterocycles. The van der Waals surface area contributed by atoms with Crippen molar-refractivity contribution in [3.8, 4) is 5.75 Å². The van der Waals surface area contributed by atoms with E-state index in [4.69, 9.17) is 13.9 Å². The number of aliphatic carboxylic acids is 1. The molecular weight excluding hydrogens is 398 g/mol. The molecule has 1 aromatic carbocycles. The Hall–Kier alpha value is -2.49. The molecule has 0 amide bonds. The molecular formula is C20H21NO7S. The Bertz CT molecular complexity index is 1030. The lowest BCUT2D eigenvalue weighted by Crippen LogP contribution is -2.69. The number of ether oxygens (including phenoxy) is 2. The number of carboxylic acids is 1. The van der Waals surface area contributed by atoms with Crippen LogP contribution in [-0.2, 0) is 9.53 Å². The van der Waals surface area contributed by atoms with Crippen LogP contribution in [0.5, 0.6) is 5.75 Å². The molecule has 4 rings (SSSR count). The van der Waals surface area contributed by atoms with Gasteiger partial charge in [-0.15, -0.1) is 11.8 Å². The molecule has 2 aromatic rings. The zero-order valence-corrected chi connectivity index (χ0v) is 16.7. The van der Waals surface area contributed by atoms with Gasteiger partial charge in [0.15, 0.2) is 6.23 Å². The maximum absolute atomic E-state index is 11.9. The van der Waals surface area contributed by atoms with Gasteiger partial charge in [0.25, 0.3) is 0 Å². The summed E-state index contributed by atoms with van der Waals surface area (Å²) in [4.78, 5) is 24.8. The summed E-state index contributed by atoms with van der Waals surface area (Å²) >= 11 is 1.52. The minimum Gasteiger partial charge on any atom is -0.489 e. The lowest BCUT2D eigenvalue weighted by Gasteiger charge is -2.55. The molecule has 0 spiro atoms. The van der Waals surface area contributed by atoms with Crippen LogP contribution in [0.3, 0.4) is 0 Å². The van der Waals surface area contributed by atoms with Crippen molar-refractivity contribution in [1.82, 2.24) is 4.90 Å². The van der Waals surface area contributed by atoms with Gasteiger partial charge < -0.3 is 29.0 Å². The molecule has 0 aliphatic carbocycles. The van der Waals surface area contributed by atoms with Gasteiger partial charge in [-0.25, -0.2) is 9.59 Å². The maximum atomic E-state index is 11.9. The summed E-state index contributed by atoms with van der Waals surface area (Å²) in [6, 6.07) is 8.10. The van der Waals surface area contributed by atoms with Gasteiger partial charge in [0.05, 0.1) is 6.10 Å². The number of nitrogens with zero attached hydrogens (tertiary/aromatic N) is 1. The second-order valence-corrected chi connectivity index (χ2v) is 8.28. The zero-order chi connectivity index (χ0) is 20.7. The number of fused-ring (bicyclic) bond motifs is 2. The van der Waals surface area contributed by atoms with Gasteiger partial charge in [0.1, 0.15) is 35.1 Å². The molecule has 29 heavy (non-hydrogen) atoms. The summed E-state index contributed by atoms with van der Waals surface area (Å²) in [5, 5.41) is 20.7. The summed E-state index contributed by atoms with van der Waals surface area (Å²) < 4.78 is 16.6. The quantitative estimate of drug-likeness (QED) is 0.680.